The van der Waals surface area contributed by atoms with Crippen molar-refractivity contribution < 1.29 is 0 Å². The highest BCUT2D eigenvalue weighted by molar-refractivity contribution is 9.10. The zero-order chi connectivity index (χ0) is 17.3. The summed E-state index contributed by atoms with van der Waals surface area (Å²) in [5.74, 6) is 0.682. The number of fused-ring (bicyclic) bond motifs is 1. The van der Waals surface area contributed by atoms with Gasteiger partial charge in [-0.1, -0.05) is 25.5 Å². The van der Waals surface area contributed by atoms with Crippen LogP contribution in [0.25, 0.3) is 4.85 Å². The standard InChI is InChI=1S/C18H16BrN5/c1-4-6-14-17(21-2)15(13-10-22-23-18(13)24(14)3)12-8-5-7-11(9-20)16(12)19/h5,7-8,10,15H,4,6H2,1,3H3,(H,22,23). The number of benzene rings is 1. The Labute approximate surface area is 149 Å². The molecule has 1 aromatic carbocycles. The third-order valence-electron chi connectivity index (χ3n) is 4.34. The number of allylic oxidation sites excluding steroid dienone is 2. The summed E-state index contributed by atoms with van der Waals surface area (Å²) in [5, 5.41) is 16.6. The average molecular weight is 382 g/mol. The molecule has 0 radical (unpaired) electrons. The maximum atomic E-state index is 9.32. The number of anilines is 1. The van der Waals surface area contributed by atoms with Crippen molar-refractivity contribution in [1.82, 2.24) is 10.2 Å². The molecule has 5 nitrogen and oxygen atoms in total. The maximum absolute atomic E-state index is 9.32. The molecule has 3 rings (SSSR count). The third kappa shape index (κ3) is 2.40. The summed E-state index contributed by atoms with van der Waals surface area (Å²) in [6.45, 7) is 9.87. The zero-order valence-electron chi connectivity index (χ0n) is 13.5. The Morgan fingerprint density at radius 1 is 1.46 bits per heavy atom. The molecule has 1 N–H and O–H groups in total. The van der Waals surface area contributed by atoms with E-state index in [4.69, 9.17) is 6.57 Å². The van der Waals surface area contributed by atoms with Gasteiger partial charge in [-0.2, -0.15) is 10.4 Å². The van der Waals surface area contributed by atoms with Crippen LogP contribution in [0.15, 0.2) is 40.3 Å². The molecule has 1 aliphatic rings. The molecule has 24 heavy (non-hydrogen) atoms. The van der Waals surface area contributed by atoms with E-state index < -0.39 is 0 Å². The largest absolute Gasteiger partial charge is 0.343 e. The van der Waals surface area contributed by atoms with Gasteiger partial charge in [-0.15, -0.1) is 0 Å². The minimum absolute atomic E-state index is 0.225. The van der Waals surface area contributed by atoms with Crippen LogP contribution in [0, 0.1) is 17.9 Å². The van der Waals surface area contributed by atoms with E-state index in [1.165, 1.54) is 0 Å². The van der Waals surface area contributed by atoms with Crippen molar-refractivity contribution in [2.24, 2.45) is 0 Å². The predicted molar refractivity (Wildman–Crippen MR) is 96.2 cm³/mol. The quantitative estimate of drug-likeness (QED) is 0.792. The minimum Gasteiger partial charge on any atom is -0.343 e. The molecule has 1 atom stereocenters. The van der Waals surface area contributed by atoms with Gasteiger partial charge in [0.1, 0.15) is 11.9 Å². The van der Waals surface area contributed by atoms with E-state index in [1.807, 2.05) is 24.1 Å². The predicted octanol–water partition coefficient (Wildman–Crippen LogP) is 4.56. The molecule has 0 saturated carbocycles. The van der Waals surface area contributed by atoms with E-state index in [1.54, 1.807) is 12.3 Å². The van der Waals surface area contributed by atoms with Gasteiger partial charge in [0.15, 0.2) is 5.70 Å². The summed E-state index contributed by atoms with van der Waals surface area (Å²) in [5.41, 5.74) is 4.15. The van der Waals surface area contributed by atoms with Crippen molar-refractivity contribution in [1.29, 1.82) is 5.26 Å². The van der Waals surface area contributed by atoms with Crippen LogP contribution in [0.2, 0.25) is 0 Å². The number of halogens is 1. The van der Waals surface area contributed by atoms with Gasteiger partial charge in [0.25, 0.3) is 0 Å². The number of aromatic amines is 1. The highest BCUT2D eigenvalue weighted by Crippen LogP contribution is 2.46. The van der Waals surface area contributed by atoms with Crippen LogP contribution in [-0.2, 0) is 0 Å². The Kier molecular flexibility index (Phi) is 4.42. The van der Waals surface area contributed by atoms with Crippen LogP contribution < -0.4 is 4.90 Å². The Morgan fingerprint density at radius 2 is 2.25 bits per heavy atom. The molecule has 1 aliphatic heterocycles. The second-order valence-corrected chi connectivity index (χ2v) is 6.47. The molecular weight excluding hydrogens is 366 g/mol. The van der Waals surface area contributed by atoms with Crippen LogP contribution in [0.3, 0.4) is 0 Å². The molecule has 2 aromatic rings. The lowest BCUT2D eigenvalue weighted by atomic mass is 9.85. The Balaban J connectivity index is 2.29. The number of nitrogens with zero attached hydrogens (tertiary/aromatic N) is 4. The number of nitriles is 1. The molecule has 0 spiro atoms. The average Bonchev–Trinajstić information content (AvgIpc) is 3.07. The number of rotatable bonds is 3. The number of hydrogen-bond acceptors (Lipinski definition) is 3. The second kappa shape index (κ2) is 6.51. The number of hydrogen-bond donors (Lipinski definition) is 1. The van der Waals surface area contributed by atoms with E-state index >= 15 is 0 Å². The fourth-order valence-corrected chi connectivity index (χ4v) is 3.81. The second-order valence-electron chi connectivity index (χ2n) is 5.68. The van der Waals surface area contributed by atoms with Gasteiger partial charge in [-0.3, -0.25) is 5.10 Å². The van der Waals surface area contributed by atoms with Crippen LogP contribution >= 0.6 is 15.9 Å². The molecular formula is C18H16BrN5. The first-order chi connectivity index (χ1) is 11.6. The van der Waals surface area contributed by atoms with E-state index in [0.717, 1.165) is 40.0 Å². The molecule has 1 aromatic heterocycles. The van der Waals surface area contributed by atoms with Gasteiger partial charge < -0.3 is 4.90 Å². The van der Waals surface area contributed by atoms with E-state index in [9.17, 15) is 5.26 Å². The first-order valence-electron chi connectivity index (χ1n) is 7.70. The molecule has 0 aliphatic carbocycles. The van der Waals surface area contributed by atoms with Crippen LogP contribution in [0.4, 0.5) is 5.82 Å². The Hall–Kier alpha value is -2.57. The molecule has 1 unspecified atom stereocenters. The summed E-state index contributed by atoms with van der Waals surface area (Å²) in [6, 6.07) is 7.79. The highest BCUT2D eigenvalue weighted by Gasteiger charge is 2.35. The topological polar surface area (TPSA) is 60.1 Å². The van der Waals surface area contributed by atoms with Crippen molar-refractivity contribution in [3.63, 3.8) is 0 Å². The lowest BCUT2D eigenvalue weighted by Gasteiger charge is -2.33. The molecule has 120 valence electrons. The first kappa shape index (κ1) is 16.3. The first-order valence-corrected chi connectivity index (χ1v) is 8.49. The Bertz CT molecular complexity index is 897. The van der Waals surface area contributed by atoms with Crippen molar-refractivity contribution in [2.75, 3.05) is 11.9 Å². The van der Waals surface area contributed by atoms with E-state index in [0.29, 0.717) is 11.3 Å². The minimum atomic E-state index is -0.225. The molecule has 0 saturated heterocycles. The molecule has 2 heterocycles. The summed E-state index contributed by atoms with van der Waals surface area (Å²) in [6.07, 6.45) is 3.54. The summed E-state index contributed by atoms with van der Waals surface area (Å²) < 4.78 is 0.742. The smallest absolute Gasteiger partial charge is 0.196 e. The van der Waals surface area contributed by atoms with Crippen LogP contribution in [0.5, 0.6) is 0 Å². The van der Waals surface area contributed by atoms with Crippen molar-refractivity contribution in [3.8, 4) is 6.07 Å². The maximum Gasteiger partial charge on any atom is 0.196 e. The zero-order valence-corrected chi connectivity index (χ0v) is 15.1. The molecule has 0 fully saturated rings. The fraction of sp³-hybridized carbons (Fsp3) is 0.278. The van der Waals surface area contributed by atoms with Gasteiger partial charge in [-0.05, 0) is 34.0 Å². The monoisotopic (exact) mass is 381 g/mol. The Morgan fingerprint density at radius 3 is 2.92 bits per heavy atom. The number of nitrogens with one attached hydrogen (secondary N) is 1. The lowest BCUT2D eigenvalue weighted by molar-refractivity contribution is 0.786. The van der Waals surface area contributed by atoms with Gasteiger partial charge in [-0.25, -0.2) is 4.85 Å². The molecule has 0 bridgehead atoms. The third-order valence-corrected chi connectivity index (χ3v) is 5.22. The molecule has 0 amide bonds. The summed E-state index contributed by atoms with van der Waals surface area (Å²) in [7, 11) is 1.96. The van der Waals surface area contributed by atoms with Crippen LogP contribution in [-0.4, -0.2) is 17.2 Å². The normalized spacial score (nSPS) is 16.5. The van der Waals surface area contributed by atoms with Gasteiger partial charge in [0.05, 0.1) is 24.3 Å². The van der Waals surface area contributed by atoms with Gasteiger partial charge >= 0.3 is 0 Å². The van der Waals surface area contributed by atoms with Crippen LogP contribution in [0.1, 0.15) is 42.4 Å². The summed E-state index contributed by atoms with van der Waals surface area (Å²) >= 11 is 3.56. The van der Waals surface area contributed by atoms with E-state index in [2.05, 4.69) is 44.0 Å². The van der Waals surface area contributed by atoms with Crippen molar-refractivity contribution >= 4 is 21.7 Å². The number of H-pyrrole nitrogens is 1. The van der Waals surface area contributed by atoms with Crippen molar-refractivity contribution in [2.45, 2.75) is 25.7 Å². The highest BCUT2D eigenvalue weighted by atomic mass is 79.9. The lowest BCUT2D eigenvalue weighted by Crippen LogP contribution is -2.26. The van der Waals surface area contributed by atoms with Gasteiger partial charge in [0.2, 0.25) is 0 Å². The van der Waals surface area contributed by atoms with Crippen molar-refractivity contribution in [3.05, 3.63) is 68.4 Å². The number of aromatic nitrogens is 2. The molecule has 6 heteroatoms. The van der Waals surface area contributed by atoms with Gasteiger partial charge in [0, 0.05) is 22.8 Å². The summed E-state index contributed by atoms with van der Waals surface area (Å²) in [4.78, 5) is 5.90. The SMILES string of the molecule is [C-]#[N+]C1=C(CCC)N(C)c2[nH]ncc2C1c1cccc(C#N)c1Br. The fourth-order valence-electron chi connectivity index (χ4n) is 3.22. The van der Waals surface area contributed by atoms with E-state index in [-0.39, 0.29) is 5.92 Å².